The molecular weight excluding hydrogens is 443 g/mol. The quantitative estimate of drug-likeness (QED) is 0.447. The van der Waals surface area contributed by atoms with Crippen LogP contribution in [-0.2, 0) is 12.7 Å². The van der Waals surface area contributed by atoms with Crippen molar-refractivity contribution in [3.63, 3.8) is 0 Å². The normalized spacial score (nSPS) is 10.9. The van der Waals surface area contributed by atoms with Crippen LogP contribution in [0, 0.1) is 18.8 Å². The summed E-state index contributed by atoms with van der Waals surface area (Å²) in [4.78, 5) is 24.7. The molecule has 0 aliphatic heterocycles. The monoisotopic (exact) mass is 461 g/mol. The molecule has 4 aromatic rings. The fourth-order valence-corrected chi connectivity index (χ4v) is 3.23. The molecule has 9 heteroatoms. The largest absolute Gasteiger partial charge is 0.416 e. The molecule has 0 aliphatic carbocycles. The summed E-state index contributed by atoms with van der Waals surface area (Å²) in [5, 5.41) is 2.55. The Hall–Kier alpha value is -4.45. The van der Waals surface area contributed by atoms with Gasteiger partial charge in [-0.25, -0.2) is 9.97 Å². The zero-order valence-electron chi connectivity index (χ0n) is 18.0. The van der Waals surface area contributed by atoms with Gasteiger partial charge >= 0.3 is 6.18 Å². The molecule has 1 amide bonds. The average Bonchev–Trinajstić information content (AvgIpc) is 3.32. The number of aromatic nitrogens is 4. The lowest BCUT2D eigenvalue weighted by Crippen LogP contribution is -2.15. The van der Waals surface area contributed by atoms with Crippen LogP contribution in [0.15, 0.2) is 73.7 Å². The van der Waals surface area contributed by atoms with Crippen molar-refractivity contribution >= 4 is 11.6 Å². The first kappa shape index (κ1) is 22.7. The Morgan fingerprint density at radius 2 is 1.91 bits per heavy atom. The van der Waals surface area contributed by atoms with Gasteiger partial charge in [0.2, 0.25) is 0 Å². The van der Waals surface area contributed by atoms with Crippen molar-refractivity contribution in [3.05, 3.63) is 107 Å². The highest BCUT2D eigenvalue weighted by atomic mass is 19.4. The van der Waals surface area contributed by atoms with Crippen LogP contribution >= 0.6 is 0 Å². The number of hydrogen-bond acceptors (Lipinski definition) is 4. The molecule has 6 nitrogen and oxygen atoms in total. The minimum Gasteiger partial charge on any atom is -0.333 e. The predicted molar refractivity (Wildman–Crippen MR) is 120 cm³/mol. The Morgan fingerprint density at radius 1 is 1.06 bits per heavy atom. The van der Waals surface area contributed by atoms with Crippen molar-refractivity contribution in [3.8, 4) is 11.8 Å². The van der Waals surface area contributed by atoms with Gasteiger partial charge in [0.05, 0.1) is 18.1 Å². The van der Waals surface area contributed by atoms with Crippen molar-refractivity contribution < 1.29 is 18.0 Å². The molecule has 2 aromatic heterocycles. The maximum Gasteiger partial charge on any atom is 0.416 e. The van der Waals surface area contributed by atoms with Crippen molar-refractivity contribution in [2.24, 2.45) is 0 Å². The molecule has 0 aliphatic rings. The van der Waals surface area contributed by atoms with Crippen LogP contribution in [0.4, 0.5) is 18.9 Å². The number of halogens is 3. The van der Waals surface area contributed by atoms with Crippen molar-refractivity contribution in [2.45, 2.75) is 19.6 Å². The zero-order valence-corrected chi connectivity index (χ0v) is 18.0. The highest BCUT2D eigenvalue weighted by Gasteiger charge is 2.33. The van der Waals surface area contributed by atoms with Crippen molar-refractivity contribution in [2.75, 3.05) is 5.32 Å². The molecule has 34 heavy (non-hydrogen) atoms. The molecule has 0 atom stereocenters. The second kappa shape index (κ2) is 9.58. The van der Waals surface area contributed by atoms with Gasteiger partial charge in [-0.15, -0.1) is 0 Å². The summed E-state index contributed by atoms with van der Waals surface area (Å²) in [6, 6.07) is 8.65. The highest BCUT2D eigenvalue weighted by Crippen LogP contribution is 2.34. The number of nitrogens with one attached hydrogen (secondary N) is 1. The van der Waals surface area contributed by atoms with Gasteiger partial charge in [0.15, 0.2) is 0 Å². The van der Waals surface area contributed by atoms with E-state index in [0.29, 0.717) is 11.3 Å². The lowest BCUT2D eigenvalue weighted by molar-refractivity contribution is -0.138. The number of alkyl halides is 3. The van der Waals surface area contributed by atoms with E-state index in [1.54, 1.807) is 29.0 Å². The van der Waals surface area contributed by atoms with Crippen LogP contribution in [0.3, 0.4) is 0 Å². The predicted octanol–water partition coefficient (Wildman–Crippen LogP) is 4.70. The lowest BCUT2D eigenvalue weighted by atomic mass is 10.0. The Morgan fingerprint density at radius 3 is 2.62 bits per heavy atom. The van der Waals surface area contributed by atoms with Crippen LogP contribution in [0.2, 0.25) is 0 Å². The summed E-state index contributed by atoms with van der Waals surface area (Å²) in [6.45, 7) is 1.85. The third-order valence-electron chi connectivity index (χ3n) is 4.97. The van der Waals surface area contributed by atoms with E-state index in [1.165, 1.54) is 43.2 Å². The van der Waals surface area contributed by atoms with Gasteiger partial charge < -0.3 is 9.88 Å². The molecule has 4 rings (SSSR count). The van der Waals surface area contributed by atoms with Gasteiger partial charge in [0, 0.05) is 48.1 Å². The number of carbonyl (C=O) groups excluding carboxylic acids is 1. The molecule has 2 heterocycles. The summed E-state index contributed by atoms with van der Waals surface area (Å²) < 4.78 is 42.6. The van der Waals surface area contributed by atoms with Crippen LogP contribution in [0.1, 0.15) is 38.3 Å². The van der Waals surface area contributed by atoms with E-state index >= 15 is 0 Å². The molecule has 0 radical (unpaired) electrons. The summed E-state index contributed by atoms with van der Waals surface area (Å²) in [5.41, 5.74) is 1.48. The second-order valence-corrected chi connectivity index (χ2v) is 7.43. The fraction of sp³-hybridized carbons (Fsp3) is 0.120. The SMILES string of the molecule is Cc1ccc(C(=O)Nc2ccc(Cn3ccnc3)c(C(F)(F)F)c2)cc1C#Cc1cnccn1. The number of imidazole rings is 1. The molecular formula is C25H18F3N5O. The molecule has 0 bridgehead atoms. The first-order valence-electron chi connectivity index (χ1n) is 10.2. The van der Waals surface area contributed by atoms with Crippen LogP contribution in [0.25, 0.3) is 0 Å². The molecule has 0 saturated heterocycles. The van der Waals surface area contributed by atoms with Gasteiger partial charge in [-0.1, -0.05) is 18.1 Å². The van der Waals surface area contributed by atoms with Crippen LogP contribution in [0.5, 0.6) is 0 Å². The minimum absolute atomic E-state index is 0.00878. The number of rotatable bonds is 4. The highest BCUT2D eigenvalue weighted by molar-refractivity contribution is 6.04. The molecule has 170 valence electrons. The second-order valence-electron chi connectivity index (χ2n) is 7.43. The first-order valence-corrected chi connectivity index (χ1v) is 10.2. The maximum atomic E-state index is 13.7. The number of anilines is 1. The van der Waals surface area contributed by atoms with Crippen LogP contribution < -0.4 is 5.32 Å². The van der Waals surface area contributed by atoms with Gasteiger partial charge in [-0.05, 0) is 48.2 Å². The van der Waals surface area contributed by atoms with Gasteiger partial charge in [-0.3, -0.25) is 9.78 Å². The summed E-state index contributed by atoms with van der Waals surface area (Å²) >= 11 is 0. The molecule has 0 spiro atoms. The smallest absolute Gasteiger partial charge is 0.333 e. The van der Waals surface area contributed by atoms with E-state index in [2.05, 4.69) is 32.1 Å². The third-order valence-corrected chi connectivity index (χ3v) is 4.97. The Labute approximate surface area is 193 Å². The Bertz CT molecular complexity index is 1370. The van der Waals surface area contributed by atoms with Crippen LogP contribution in [-0.4, -0.2) is 25.4 Å². The van der Waals surface area contributed by atoms with E-state index in [1.807, 2.05) is 6.92 Å². The molecule has 0 fully saturated rings. The third kappa shape index (κ3) is 5.48. The van der Waals surface area contributed by atoms with E-state index in [-0.39, 0.29) is 23.4 Å². The number of benzene rings is 2. The van der Waals surface area contributed by atoms with E-state index in [9.17, 15) is 18.0 Å². The van der Waals surface area contributed by atoms with E-state index in [4.69, 9.17) is 0 Å². The van der Waals surface area contributed by atoms with Gasteiger partial charge in [-0.2, -0.15) is 13.2 Å². The Kier molecular flexibility index (Phi) is 6.41. The summed E-state index contributed by atoms with van der Waals surface area (Å²) in [6.07, 6.45) is 4.52. The number of nitrogens with zero attached hydrogens (tertiary/aromatic N) is 4. The minimum atomic E-state index is -4.58. The number of carbonyl (C=O) groups is 1. The summed E-state index contributed by atoms with van der Waals surface area (Å²) in [7, 11) is 0. The summed E-state index contributed by atoms with van der Waals surface area (Å²) in [5.74, 6) is 5.29. The number of aryl methyl sites for hydroxylation is 1. The number of hydrogen-bond donors (Lipinski definition) is 1. The lowest BCUT2D eigenvalue weighted by Gasteiger charge is -2.15. The van der Waals surface area contributed by atoms with E-state index in [0.717, 1.165) is 11.6 Å². The fourth-order valence-electron chi connectivity index (χ4n) is 3.23. The van der Waals surface area contributed by atoms with Gasteiger partial charge in [0.25, 0.3) is 5.91 Å². The molecule has 0 saturated carbocycles. The van der Waals surface area contributed by atoms with Crippen molar-refractivity contribution in [1.82, 2.24) is 19.5 Å². The van der Waals surface area contributed by atoms with Gasteiger partial charge in [0.1, 0.15) is 5.69 Å². The maximum absolute atomic E-state index is 13.7. The first-order chi connectivity index (χ1) is 16.3. The average molecular weight is 461 g/mol. The molecule has 2 aromatic carbocycles. The Balaban J connectivity index is 1.57. The van der Waals surface area contributed by atoms with E-state index < -0.39 is 17.6 Å². The zero-order chi connectivity index (χ0) is 24.1. The topological polar surface area (TPSA) is 72.7 Å². The molecule has 0 unspecified atom stereocenters. The molecule has 1 N–H and O–H groups in total. The standard InChI is InChI=1S/C25H18F3N5O/c1-17-2-3-19(12-18(17)4-7-22-14-29-8-9-31-22)24(34)32-21-6-5-20(15-33-11-10-30-16-33)23(13-21)25(26,27)28/h2-3,5-6,8-14,16H,15H2,1H3,(H,32,34). The number of amides is 1. The van der Waals surface area contributed by atoms with Crippen molar-refractivity contribution in [1.29, 1.82) is 0 Å².